The van der Waals surface area contributed by atoms with Crippen LogP contribution in [0, 0.1) is 26.7 Å². The first-order chi connectivity index (χ1) is 17.8. The van der Waals surface area contributed by atoms with E-state index < -0.39 is 6.29 Å². The van der Waals surface area contributed by atoms with Crippen LogP contribution in [-0.4, -0.2) is 48.0 Å². The van der Waals surface area contributed by atoms with Gasteiger partial charge in [-0.05, 0) is 62.2 Å². The Morgan fingerprint density at radius 2 is 1.89 bits per heavy atom. The summed E-state index contributed by atoms with van der Waals surface area (Å²) in [4.78, 5) is 25.7. The van der Waals surface area contributed by atoms with E-state index >= 15 is 0 Å². The van der Waals surface area contributed by atoms with Crippen molar-refractivity contribution in [2.75, 3.05) is 30.6 Å². The molecule has 4 N–H and O–H groups in total. The van der Waals surface area contributed by atoms with Gasteiger partial charge in [-0.3, -0.25) is 19.9 Å². The van der Waals surface area contributed by atoms with Crippen molar-refractivity contribution in [1.82, 2.24) is 25.8 Å². The van der Waals surface area contributed by atoms with Gasteiger partial charge in [0.2, 0.25) is 5.91 Å². The van der Waals surface area contributed by atoms with Gasteiger partial charge in [-0.25, -0.2) is 10.1 Å². The van der Waals surface area contributed by atoms with Crippen LogP contribution in [0.4, 0.5) is 11.5 Å². The molecule has 0 bridgehead atoms. The molecule has 0 spiro atoms. The lowest BCUT2D eigenvalue weighted by molar-refractivity contribution is -0.129. The third-order valence-electron chi connectivity index (χ3n) is 6.72. The maximum atomic E-state index is 13.1. The first-order valence-corrected chi connectivity index (χ1v) is 12.1. The Morgan fingerprint density at radius 3 is 2.65 bits per heavy atom. The molecule has 1 aromatic heterocycles. The number of hydrazine groups is 1. The lowest BCUT2D eigenvalue weighted by Crippen LogP contribution is -2.62. The van der Waals surface area contributed by atoms with E-state index in [4.69, 9.17) is 9.47 Å². The minimum atomic E-state index is -0.659. The standard InChI is InChI=1S/C26H31N7O4/c1-15-6-5-7-21(17(15)3)32-24-20(13-27-32)25(35)30-26(29-24)33-22(12-16(2)31-33)28-23(34)14-37-19-10-8-18(36-4)9-11-19/h5-12,20,24,26-27,29H,13-14H2,1-4H3,(H,28,34)(H,30,35). The van der Waals surface area contributed by atoms with Crippen molar-refractivity contribution in [2.24, 2.45) is 5.92 Å². The van der Waals surface area contributed by atoms with E-state index in [0.29, 0.717) is 29.6 Å². The van der Waals surface area contributed by atoms with Crippen molar-refractivity contribution in [3.63, 3.8) is 0 Å². The maximum absolute atomic E-state index is 13.1. The molecule has 2 aromatic carbocycles. The molecule has 3 unspecified atom stereocenters. The van der Waals surface area contributed by atoms with Gasteiger partial charge in [0.05, 0.1) is 24.4 Å². The summed E-state index contributed by atoms with van der Waals surface area (Å²) in [6, 6.07) is 14.8. The Kier molecular flexibility index (Phi) is 6.72. The zero-order valence-corrected chi connectivity index (χ0v) is 21.2. The molecular formula is C26H31N7O4. The van der Waals surface area contributed by atoms with Gasteiger partial charge in [-0.1, -0.05) is 12.1 Å². The summed E-state index contributed by atoms with van der Waals surface area (Å²) in [6.07, 6.45) is -0.960. The molecule has 3 heterocycles. The topological polar surface area (TPSA) is 122 Å². The van der Waals surface area contributed by atoms with Crippen molar-refractivity contribution >= 4 is 23.3 Å². The number of rotatable bonds is 7. The lowest BCUT2D eigenvalue weighted by Gasteiger charge is -2.38. The maximum Gasteiger partial charge on any atom is 0.263 e. The van der Waals surface area contributed by atoms with Crippen molar-refractivity contribution in [1.29, 1.82) is 0 Å². The number of nitrogens with one attached hydrogen (secondary N) is 4. The fraction of sp³-hybridized carbons (Fsp3) is 0.346. The molecule has 5 rings (SSSR count). The number of ether oxygens (including phenoxy) is 2. The molecule has 37 heavy (non-hydrogen) atoms. The fourth-order valence-electron chi connectivity index (χ4n) is 4.63. The van der Waals surface area contributed by atoms with E-state index in [2.05, 4.69) is 46.4 Å². The van der Waals surface area contributed by atoms with Gasteiger partial charge in [-0.2, -0.15) is 5.10 Å². The molecule has 2 saturated heterocycles. The first kappa shape index (κ1) is 24.6. The lowest BCUT2D eigenvalue weighted by atomic mass is 10.0. The zero-order valence-electron chi connectivity index (χ0n) is 21.2. The second-order valence-electron chi connectivity index (χ2n) is 9.21. The van der Waals surface area contributed by atoms with Crippen LogP contribution in [0.15, 0.2) is 48.5 Å². The molecular weight excluding hydrogens is 474 g/mol. The van der Waals surface area contributed by atoms with Gasteiger partial charge in [0.15, 0.2) is 12.9 Å². The number of fused-ring (bicyclic) bond motifs is 1. The molecule has 11 nitrogen and oxygen atoms in total. The number of carbonyl (C=O) groups is 2. The normalized spacial score (nSPS) is 20.8. The Hall–Kier alpha value is -4.09. The van der Waals surface area contributed by atoms with Crippen molar-refractivity contribution in [3.05, 3.63) is 65.4 Å². The number of nitrogens with zero attached hydrogens (tertiary/aromatic N) is 3. The van der Waals surface area contributed by atoms with Crippen LogP contribution in [0.25, 0.3) is 0 Å². The van der Waals surface area contributed by atoms with Crippen molar-refractivity contribution in [3.8, 4) is 11.5 Å². The van der Waals surface area contributed by atoms with E-state index in [-0.39, 0.29) is 30.5 Å². The summed E-state index contributed by atoms with van der Waals surface area (Å²) in [5, 5.41) is 15.9. The zero-order chi connectivity index (χ0) is 26.1. The number of methoxy groups -OCH3 is 1. The van der Waals surface area contributed by atoms with E-state index in [1.165, 1.54) is 5.56 Å². The van der Waals surface area contributed by atoms with E-state index in [0.717, 1.165) is 11.3 Å². The van der Waals surface area contributed by atoms with Gasteiger partial charge in [-0.15, -0.1) is 0 Å². The number of aryl methyl sites for hydroxylation is 2. The Morgan fingerprint density at radius 1 is 1.14 bits per heavy atom. The van der Waals surface area contributed by atoms with E-state index in [9.17, 15) is 9.59 Å². The summed E-state index contributed by atoms with van der Waals surface area (Å²) in [5.41, 5.74) is 7.38. The predicted molar refractivity (Wildman–Crippen MR) is 138 cm³/mol. The highest BCUT2D eigenvalue weighted by molar-refractivity contribution is 5.91. The molecule has 2 amide bonds. The highest BCUT2D eigenvalue weighted by atomic mass is 16.5. The van der Waals surface area contributed by atoms with Gasteiger partial charge < -0.3 is 20.1 Å². The second-order valence-corrected chi connectivity index (χ2v) is 9.21. The average molecular weight is 506 g/mol. The average Bonchev–Trinajstić information content (AvgIpc) is 3.48. The number of benzene rings is 2. The Bertz CT molecular complexity index is 1310. The summed E-state index contributed by atoms with van der Waals surface area (Å²) in [5.74, 6) is 0.964. The fourth-order valence-corrected chi connectivity index (χ4v) is 4.63. The number of amides is 2. The van der Waals surface area contributed by atoms with Crippen molar-refractivity contribution in [2.45, 2.75) is 33.2 Å². The predicted octanol–water partition coefficient (Wildman–Crippen LogP) is 1.98. The van der Waals surface area contributed by atoms with Crippen LogP contribution in [0.3, 0.4) is 0 Å². The van der Waals surface area contributed by atoms with Crippen LogP contribution in [0.2, 0.25) is 0 Å². The van der Waals surface area contributed by atoms with E-state index in [1.54, 1.807) is 42.1 Å². The molecule has 0 aliphatic carbocycles. The number of carbonyl (C=O) groups excluding carboxylic acids is 2. The number of hydrogen-bond donors (Lipinski definition) is 4. The minimum absolute atomic E-state index is 0.0951. The van der Waals surface area contributed by atoms with Gasteiger partial charge >= 0.3 is 0 Å². The third kappa shape index (κ3) is 4.95. The molecule has 3 atom stereocenters. The van der Waals surface area contributed by atoms with Crippen LogP contribution in [0.5, 0.6) is 11.5 Å². The summed E-state index contributed by atoms with van der Waals surface area (Å²) >= 11 is 0. The SMILES string of the molecule is COc1ccc(OCC(=O)Nc2cc(C)nn2C2NC(=O)C3CNN(c4cccc(C)c4C)C3N2)cc1. The highest BCUT2D eigenvalue weighted by Crippen LogP contribution is 2.31. The minimum Gasteiger partial charge on any atom is -0.497 e. The monoisotopic (exact) mass is 505 g/mol. The summed E-state index contributed by atoms with van der Waals surface area (Å²) in [7, 11) is 1.59. The molecule has 11 heteroatoms. The summed E-state index contributed by atoms with van der Waals surface area (Å²) in [6.45, 7) is 6.28. The van der Waals surface area contributed by atoms with Crippen molar-refractivity contribution < 1.29 is 19.1 Å². The molecule has 194 valence electrons. The number of aromatic nitrogens is 2. The quantitative estimate of drug-likeness (QED) is 0.385. The number of hydrogen-bond acceptors (Lipinski definition) is 8. The molecule has 2 aliphatic heterocycles. The third-order valence-corrected chi connectivity index (χ3v) is 6.72. The van der Waals surface area contributed by atoms with E-state index in [1.807, 2.05) is 24.1 Å². The van der Waals surface area contributed by atoms with Gasteiger partial charge in [0.1, 0.15) is 23.5 Å². The van der Waals surface area contributed by atoms with Crippen LogP contribution >= 0.6 is 0 Å². The van der Waals surface area contributed by atoms with Gasteiger partial charge in [0.25, 0.3) is 5.91 Å². The van der Waals surface area contributed by atoms with Crippen LogP contribution < -0.4 is 35.9 Å². The molecule has 2 fully saturated rings. The smallest absolute Gasteiger partial charge is 0.263 e. The summed E-state index contributed by atoms with van der Waals surface area (Å²) < 4.78 is 12.3. The molecule has 0 radical (unpaired) electrons. The highest BCUT2D eigenvalue weighted by Gasteiger charge is 2.45. The van der Waals surface area contributed by atoms with Gasteiger partial charge in [0, 0.05) is 12.6 Å². The molecule has 2 aliphatic rings. The number of anilines is 2. The first-order valence-electron chi connectivity index (χ1n) is 12.1. The molecule has 3 aromatic rings. The Labute approximate surface area is 215 Å². The molecule has 0 saturated carbocycles. The second kappa shape index (κ2) is 10.1. The largest absolute Gasteiger partial charge is 0.497 e. The van der Waals surface area contributed by atoms with Crippen LogP contribution in [-0.2, 0) is 9.59 Å². The Balaban J connectivity index is 1.30. The van der Waals surface area contributed by atoms with Crippen LogP contribution in [0.1, 0.15) is 23.1 Å².